The topological polar surface area (TPSA) is 41.1 Å². The molecule has 2 aromatic carbocycles. The Morgan fingerprint density at radius 1 is 1.10 bits per heavy atom. The highest BCUT2D eigenvalue weighted by atomic mass is 35.5. The highest BCUT2D eigenvalue weighted by Crippen LogP contribution is 2.23. The van der Waals surface area contributed by atoms with E-state index in [0.29, 0.717) is 5.02 Å². The van der Waals surface area contributed by atoms with E-state index in [9.17, 15) is 4.79 Å². The van der Waals surface area contributed by atoms with Gasteiger partial charge in [0.1, 0.15) is 6.04 Å². The summed E-state index contributed by atoms with van der Waals surface area (Å²) in [7, 11) is 0. The van der Waals surface area contributed by atoms with Gasteiger partial charge in [-0.1, -0.05) is 35.9 Å². The third kappa shape index (κ3) is 3.52. The van der Waals surface area contributed by atoms with Crippen LogP contribution in [0.25, 0.3) is 0 Å². The van der Waals surface area contributed by atoms with Gasteiger partial charge in [-0.25, -0.2) is 0 Å². The molecule has 0 aromatic heterocycles. The van der Waals surface area contributed by atoms with Crippen molar-refractivity contribution >= 4 is 28.9 Å². The van der Waals surface area contributed by atoms with Crippen LogP contribution in [-0.2, 0) is 4.79 Å². The van der Waals surface area contributed by atoms with Gasteiger partial charge in [-0.15, -0.1) is 0 Å². The summed E-state index contributed by atoms with van der Waals surface area (Å²) in [5.74, 6) is -0.0874. The lowest BCUT2D eigenvalue weighted by Gasteiger charge is -2.17. The quantitative estimate of drug-likeness (QED) is 0.890. The predicted octanol–water partition coefficient (Wildman–Crippen LogP) is 4.09. The van der Waals surface area contributed by atoms with Crippen LogP contribution >= 0.6 is 11.6 Å². The van der Waals surface area contributed by atoms with Gasteiger partial charge in [-0.3, -0.25) is 4.79 Å². The van der Waals surface area contributed by atoms with Crippen molar-refractivity contribution in [3.05, 3.63) is 59.1 Å². The van der Waals surface area contributed by atoms with Crippen molar-refractivity contribution < 1.29 is 4.79 Å². The third-order valence-electron chi connectivity index (χ3n) is 3.07. The second-order valence-electron chi connectivity index (χ2n) is 4.63. The summed E-state index contributed by atoms with van der Waals surface area (Å²) in [4.78, 5) is 12.1. The summed E-state index contributed by atoms with van der Waals surface area (Å²) < 4.78 is 0. The summed E-state index contributed by atoms with van der Waals surface area (Å²) in [6.07, 6.45) is 0. The summed E-state index contributed by atoms with van der Waals surface area (Å²) in [5.41, 5.74) is 2.59. The summed E-state index contributed by atoms with van der Waals surface area (Å²) in [5, 5.41) is 6.72. The van der Waals surface area contributed by atoms with E-state index in [1.165, 1.54) is 0 Å². The van der Waals surface area contributed by atoms with Crippen LogP contribution in [0.3, 0.4) is 0 Å². The van der Waals surface area contributed by atoms with Crippen LogP contribution in [0.1, 0.15) is 12.5 Å². The molecule has 104 valence electrons. The van der Waals surface area contributed by atoms with Crippen LogP contribution in [0.5, 0.6) is 0 Å². The van der Waals surface area contributed by atoms with E-state index in [1.807, 2.05) is 62.4 Å². The first kappa shape index (κ1) is 14.4. The third-order valence-corrected chi connectivity index (χ3v) is 3.48. The van der Waals surface area contributed by atoms with Crippen molar-refractivity contribution in [2.45, 2.75) is 19.9 Å². The maximum Gasteiger partial charge on any atom is 0.246 e. The Kier molecular flexibility index (Phi) is 4.64. The van der Waals surface area contributed by atoms with Crippen molar-refractivity contribution in [1.82, 2.24) is 0 Å². The molecule has 0 saturated carbocycles. The van der Waals surface area contributed by atoms with Crippen LogP contribution in [0, 0.1) is 6.92 Å². The Labute approximate surface area is 124 Å². The Morgan fingerprint density at radius 3 is 2.50 bits per heavy atom. The molecule has 0 aliphatic carbocycles. The van der Waals surface area contributed by atoms with Crippen LogP contribution in [0.4, 0.5) is 11.4 Å². The van der Waals surface area contributed by atoms with E-state index in [-0.39, 0.29) is 11.9 Å². The molecule has 2 N–H and O–H groups in total. The molecule has 0 heterocycles. The Morgan fingerprint density at radius 2 is 1.80 bits per heavy atom. The van der Waals surface area contributed by atoms with Gasteiger partial charge in [0.15, 0.2) is 0 Å². The van der Waals surface area contributed by atoms with Gasteiger partial charge < -0.3 is 10.6 Å². The van der Waals surface area contributed by atoms with Gasteiger partial charge in [0.25, 0.3) is 0 Å². The first-order valence-corrected chi connectivity index (χ1v) is 6.83. The standard InChI is InChI=1S/C16H17ClN2O/c1-11-14(17)9-6-10-15(11)18-12(2)16(20)19-13-7-4-3-5-8-13/h3-10,12,18H,1-2H3,(H,19,20)/t12-/m1/s1. The fraction of sp³-hybridized carbons (Fsp3) is 0.188. The number of carbonyl (C=O) groups excluding carboxylic acids is 1. The Bertz CT molecular complexity index is 599. The average Bonchev–Trinajstić information content (AvgIpc) is 2.45. The number of amides is 1. The number of anilines is 2. The molecule has 0 fully saturated rings. The molecular weight excluding hydrogens is 272 g/mol. The molecule has 1 amide bonds. The number of carbonyl (C=O) groups is 1. The lowest BCUT2D eigenvalue weighted by atomic mass is 10.1. The monoisotopic (exact) mass is 288 g/mol. The van der Waals surface area contributed by atoms with Gasteiger partial charge >= 0.3 is 0 Å². The van der Waals surface area contributed by atoms with Gasteiger partial charge in [0.2, 0.25) is 5.91 Å². The van der Waals surface area contributed by atoms with Gasteiger partial charge in [0.05, 0.1) is 0 Å². The lowest BCUT2D eigenvalue weighted by Crippen LogP contribution is -2.32. The molecule has 4 heteroatoms. The fourth-order valence-electron chi connectivity index (χ4n) is 1.83. The first-order chi connectivity index (χ1) is 9.58. The molecular formula is C16H17ClN2O. The maximum absolute atomic E-state index is 12.1. The van der Waals surface area contributed by atoms with Gasteiger partial charge in [-0.05, 0) is 43.7 Å². The van der Waals surface area contributed by atoms with E-state index >= 15 is 0 Å². The van der Waals surface area contributed by atoms with E-state index < -0.39 is 0 Å². The van der Waals surface area contributed by atoms with Crippen LogP contribution in [-0.4, -0.2) is 11.9 Å². The number of para-hydroxylation sites is 1. The molecule has 3 nitrogen and oxygen atoms in total. The van der Waals surface area contributed by atoms with E-state index in [2.05, 4.69) is 10.6 Å². The van der Waals surface area contributed by atoms with E-state index in [0.717, 1.165) is 16.9 Å². The second-order valence-corrected chi connectivity index (χ2v) is 5.04. The van der Waals surface area contributed by atoms with Crippen LogP contribution in [0.15, 0.2) is 48.5 Å². The lowest BCUT2D eigenvalue weighted by molar-refractivity contribution is -0.116. The molecule has 0 spiro atoms. The minimum atomic E-state index is -0.354. The molecule has 0 radical (unpaired) electrons. The molecule has 0 unspecified atom stereocenters. The molecule has 0 bridgehead atoms. The zero-order chi connectivity index (χ0) is 14.5. The number of nitrogens with one attached hydrogen (secondary N) is 2. The minimum absolute atomic E-state index is 0.0874. The van der Waals surface area contributed by atoms with Crippen molar-refractivity contribution in [1.29, 1.82) is 0 Å². The average molecular weight is 289 g/mol. The number of halogens is 1. The number of benzene rings is 2. The van der Waals surface area contributed by atoms with Gasteiger partial charge in [-0.2, -0.15) is 0 Å². The fourth-order valence-corrected chi connectivity index (χ4v) is 2.01. The second kappa shape index (κ2) is 6.44. The van der Waals surface area contributed by atoms with Crippen molar-refractivity contribution in [3.63, 3.8) is 0 Å². The SMILES string of the molecule is Cc1c(Cl)cccc1N[C@H](C)C(=O)Nc1ccccc1. The van der Waals surface area contributed by atoms with Crippen molar-refractivity contribution in [2.24, 2.45) is 0 Å². The van der Waals surface area contributed by atoms with Crippen LogP contribution < -0.4 is 10.6 Å². The summed E-state index contributed by atoms with van der Waals surface area (Å²) >= 11 is 6.07. The number of rotatable bonds is 4. The van der Waals surface area contributed by atoms with E-state index in [1.54, 1.807) is 0 Å². The maximum atomic E-state index is 12.1. The summed E-state index contributed by atoms with van der Waals surface area (Å²) in [6.45, 7) is 3.74. The zero-order valence-electron chi connectivity index (χ0n) is 11.5. The molecule has 1 atom stereocenters. The zero-order valence-corrected chi connectivity index (χ0v) is 12.2. The molecule has 0 aliphatic rings. The predicted molar refractivity (Wildman–Crippen MR) is 84.3 cm³/mol. The van der Waals surface area contributed by atoms with Crippen molar-refractivity contribution in [3.8, 4) is 0 Å². The molecule has 2 aromatic rings. The van der Waals surface area contributed by atoms with Crippen molar-refractivity contribution in [2.75, 3.05) is 10.6 Å². The van der Waals surface area contributed by atoms with Gasteiger partial charge in [0, 0.05) is 16.4 Å². The Hall–Kier alpha value is -2.00. The highest BCUT2D eigenvalue weighted by molar-refractivity contribution is 6.31. The smallest absolute Gasteiger partial charge is 0.246 e. The first-order valence-electron chi connectivity index (χ1n) is 6.45. The normalized spacial score (nSPS) is 11.8. The van der Waals surface area contributed by atoms with E-state index in [4.69, 9.17) is 11.6 Å². The number of hydrogen-bond donors (Lipinski definition) is 2. The Balaban J connectivity index is 2.03. The summed E-state index contributed by atoms with van der Waals surface area (Å²) in [6, 6.07) is 14.6. The number of hydrogen-bond acceptors (Lipinski definition) is 2. The largest absolute Gasteiger partial charge is 0.374 e. The molecule has 20 heavy (non-hydrogen) atoms. The highest BCUT2D eigenvalue weighted by Gasteiger charge is 2.14. The minimum Gasteiger partial charge on any atom is -0.374 e. The molecule has 0 aliphatic heterocycles. The molecule has 0 saturated heterocycles. The van der Waals surface area contributed by atoms with Crippen LogP contribution in [0.2, 0.25) is 5.02 Å². The molecule has 2 rings (SSSR count).